The molecular weight excluding hydrogens is 198 g/mol. The molecule has 1 rings (SSSR count). The first-order valence-electron chi connectivity index (χ1n) is 5.23. The minimum atomic E-state index is -0.370. The van der Waals surface area contributed by atoms with Gasteiger partial charge in [0.15, 0.2) is 0 Å². The zero-order chi connectivity index (χ0) is 10.4. The van der Waals surface area contributed by atoms with E-state index in [0.29, 0.717) is 12.6 Å². The summed E-state index contributed by atoms with van der Waals surface area (Å²) in [5.74, 6) is 2.46. The number of hydrogen-bond acceptors (Lipinski definition) is 4. The van der Waals surface area contributed by atoms with Crippen LogP contribution in [-0.4, -0.2) is 47.5 Å². The van der Waals surface area contributed by atoms with Crippen molar-refractivity contribution in [3.8, 4) is 0 Å². The van der Waals surface area contributed by atoms with Gasteiger partial charge in [0, 0.05) is 18.0 Å². The van der Waals surface area contributed by atoms with Crippen LogP contribution in [0, 0.1) is 5.41 Å². The number of hydrogen-bond donors (Lipinski definition) is 3. The molecule has 1 aliphatic heterocycles. The summed E-state index contributed by atoms with van der Waals surface area (Å²) in [5.41, 5.74) is -0.370. The maximum Gasteiger partial charge on any atom is 0.0518 e. The van der Waals surface area contributed by atoms with Gasteiger partial charge < -0.3 is 15.5 Å². The first-order chi connectivity index (χ1) is 6.70. The number of aliphatic hydroxyl groups excluding tert-OH is 2. The molecule has 84 valence electrons. The van der Waals surface area contributed by atoms with Gasteiger partial charge in [0.1, 0.15) is 0 Å². The van der Waals surface area contributed by atoms with E-state index < -0.39 is 0 Å². The highest BCUT2D eigenvalue weighted by Gasteiger charge is 2.24. The van der Waals surface area contributed by atoms with E-state index in [1.165, 1.54) is 24.3 Å². The smallest absolute Gasteiger partial charge is 0.0518 e. The SMILES string of the molecule is CC(CO)(CO)CNC1CCSCC1. The van der Waals surface area contributed by atoms with Crippen molar-refractivity contribution in [2.75, 3.05) is 31.3 Å². The monoisotopic (exact) mass is 219 g/mol. The molecule has 0 amide bonds. The van der Waals surface area contributed by atoms with E-state index >= 15 is 0 Å². The fourth-order valence-corrected chi connectivity index (χ4v) is 2.56. The Labute approximate surface area is 90.3 Å². The van der Waals surface area contributed by atoms with E-state index in [4.69, 9.17) is 10.2 Å². The maximum atomic E-state index is 9.11. The number of thioether (sulfide) groups is 1. The third kappa shape index (κ3) is 3.77. The van der Waals surface area contributed by atoms with Gasteiger partial charge in [-0.3, -0.25) is 0 Å². The summed E-state index contributed by atoms with van der Waals surface area (Å²) < 4.78 is 0. The molecule has 3 N–H and O–H groups in total. The zero-order valence-corrected chi connectivity index (χ0v) is 9.65. The molecule has 0 aromatic rings. The lowest BCUT2D eigenvalue weighted by atomic mass is 9.92. The lowest BCUT2D eigenvalue weighted by molar-refractivity contribution is 0.0670. The van der Waals surface area contributed by atoms with E-state index in [-0.39, 0.29) is 18.6 Å². The van der Waals surface area contributed by atoms with Gasteiger partial charge in [-0.2, -0.15) is 11.8 Å². The van der Waals surface area contributed by atoms with Crippen LogP contribution in [0.25, 0.3) is 0 Å². The van der Waals surface area contributed by atoms with E-state index in [0.717, 1.165) is 0 Å². The zero-order valence-electron chi connectivity index (χ0n) is 8.83. The van der Waals surface area contributed by atoms with Gasteiger partial charge >= 0.3 is 0 Å². The van der Waals surface area contributed by atoms with Crippen molar-refractivity contribution < 1.29 is 10.2 Å². The van der Waals surface area contributed by atoms with Gasteiger partial charge in [-0.15, -0.1) is 0 Å². The average molecular weight is 219 g/mol. The van der Waals surface area contributed by atoms with Crippen molar-refractivity contribution in [2.45, 2.75) is 25.8 Å². The molecule has 3 nitrogen and oxygen atoms in total. The van der Waals surface area contributed by atoms with E-state index in [1.807, 2.05) is 18.7 Å². The van der Waals surface area contributed by atoms with Crippen molar-refractivity contribution in [1.82, 2.24) is 5.32 Å². The third-order valence-electron chi connectivity index (χ3n) is 2.80. The molecule has 1 fully saturated rings. The van der Waals surface area contributed by atoms with Gasteiger partial charge in [-0.05, 0) is 24.3 Å². The van der Waals surface area contributed by atoms with Gasteiger partial charge in [-0.1, -0.05) is 6.92 Å². The molecule has 0 saturated carbocycles. The first kappa shape index (κ1) is 12.3. The summed E-state index contributed by atoms with van der Waals surface area (Å²) >= 11 is 2.00. The van der Waals surface area contributed by atoms with Crippen LogP contribution in [0.15, 0.2) is 0 Å². The Balaban J connectivity index is 2.23. The quantitative estimate of drug-likeness (QED) is 0.629. The molecule has 14 heavy (non-hydrogen) atoms. The lowest BCUT2D eigenvalue weighted by Crippen LogP contribution is -2.43. The minimum Gasteiger partial charge on any atom is -0.396 e. The van der Waals surface area contributed by atoms with Crippen molar-refractivity contribution in [2.24, 2.45) is 5.41 Å². The van der Waals surface area contributed by atoms with Crippen LogP contribution in [0.5, 0.6) is 0 Å². The summed E-state index contributed by atoms with van der Waals surface area (Å²) in [7, 11) is 0. The van der Waals surface area contributed by atoms with Crippen LogP contribution >= 0.6 is 11.8 Å². The molecule has 0 radical (unpaired) electrons. The number of aliphatic hydroxyl groups is 2. The Morgan fingerprint density at radius 3 is 2.36 bits per heavy atom. The molecular formula is C10H21NO2S. The van der Waals surface area contributed by atoms with Crippen molar-refractivity contribution in [3.63, 3.8) is 0 Å². The van der Waals surface area contributed by atoms with Crippen LogP contribution in [0.4, 0.5) is 0 Å². The molecule has 1 saturated heterocycles. The predicted molar refractivity (Wildman–Crippen MR) is 60.6 cm³/mol. The lowest BCUT2D eigenvalue weighted by Gasteiger charge is -2.30. The summed E-state index contributed by atoms with van der Waals surface area (Å²) in [6, 6.07) is 0.577. The normalized spacial score (nSPS) is 19.9. The van der Waals surface area contributed by atoms with Crippen LogP contribution in [0.3, 0.4) is 0 Å². The molecule has 0 aliphatic carbocycles. The van der Waals surface area contributed by atoms with Gasteiger partial charge in [-0.25, -0.2) is 0 Å². The minimum absolute atomic E-state index is 0.0397. The standard InChI is InChI=1S/C10H21NO2S/c1-10(7-12,8-13)6-11-9-2-4-14-5-3-9/h9,11-13H,2-8H2,1H3. The summed E-state index contributed by atoms with van der Waals surface area (Å²) in [5, 5.41) is 21.7. The van der Waals surface area contributed by atoms with Gasteiger partial charge in [0.2, 0.25) is 0 Å². The van der Waals surface area contributed by atoms with Crippen molar-refractivity contribution in [1.29, 1.82) is 0 Å². The van der Waals surface area contributed by atoms with Gasteiger partial charge in [0.25, 0.3) is 0 Å². The molecule has 0 spiro atoms. The Hall–Kier alpha value is 0.230. The van der Waals surface area contributed by atoms with Crippen LogP contribution in [-0.2, 0) is 0 Å². The molecule has 0 unspecified atom stereocenters. The molecule has 4 heteroatoms. The highest BCUT2D eigenvalue weighted by molar-refractivity contribution is 7.99. The predicted octanol–water partition coefficient (Wildman–Crippen LogP) is 0.462. The van der Waals surface area contributed by atoms with E-state index in [2.05, 4.69) is 5.32 Å². The summed E-state index contributed by atoms with van der Waals surface area (Å²) in [6.45, 7) is 2.68. The van der Waals surface area contributed by atoms with Crippen molar-refractivity contribution in [3.05, 3.63) is 0 Å². The van der Waals surface area contributed by atoms with E-state index in [9.17, 15) is 0 Å². The van der Waals surface area contributed by atoms with Crippen LogP contribution in [0.2, 0.25) is 0 Å². The molecule has 1 heterocycles. The second-order valence-corrected chi connectivity index (χ2v) is 5.62. The maximum absolute atomic E-state index is 9.11. The largest absolute Gasteiger partial charge is 0.396 e. The second-order valence-electron chi connectivity index (χ2n) is 4.39. The first-order valence-corrected chi connectivity index (χ1v) is 6.38. The summed E-state index contributed by atoms with van der Waals surface area (Å²) in [4.78, 5) is 0. The van der Waals surface area contributed by atoms with Gasteiger partial charge in [0.05, 0.1) is 13.2 Å². The van der Waals surface area contributed by atoms with Crippen molar-refractivity contribution >= 4 is 11.8 Å². The Kier molecular flexibility index (Phi) is 5.23. The molecule has 0 aromatic heterocycles. The third-order valence-corrected chi connectivity index (χ3v) is 3.85. The number of nitrogens with one attached hydrogen (secondary N) is 1. The highest BCUT2D eigenvalue weighted by Crippen LogP contribution is 2.19. The Morgan fingerprint density at radius 1 is 1.29 bits per heavy atom. The number of rotatable bonds is 5. The molecule has 0 atom stereocenters. The average Bonchev–Trinajstić information content (AvgIpc) is 2.27. The fourth-order valence-electron chi connectivity index (χ4n) is 1.45. The molecule has 0 aromatic carbocycles. The van der Waals surface area contributed by atoms with E-state index in [1.54, 1.807) is 0 Å². The molecule has 0 bridgehead atoms. The Bertz CT molecular complexity index is 156. The fraction of sp³-hybridized carbons (Fsp3) is 1.00. The topological polar surface area (TPSA) is 52.5 Å². The Morgan fingerprint density at radius 2 is 1.86 bits per heavy atom. The molecule has 1 aliphatic rings. The van der Waals surface area contributed by atoms with Crippen LogP contribution < -0.4 is 5.32 Å². The second kappa shape index (κ2) is 5.95. The van der Waals surface area contributed by atoms with Crippen LogP contribution in [0.1, 0.15) is 19.8 Å². The summed E-state index contributed by atoms with van der Waals surface area (Å²) in [6.07, 6.45) is 2.41. The highest BCUT2D eigenvalue weighted by atomic mass is 32.2.